The summed E-state index contributed by atoms with van der Waals surface area (Å²) in [6, 6.07) is 5.77. The third-order valence-corrected chi connectivity index (χ3v) is 5.02. The summed E-state index contributed by atoms with van der Waals surface area (Å²) in [4.78, 5) is 36.2. The van der Waals surface area contributed by atoms with Gasteiger partial charge >= 0.3 is 5.97 Å². The van der Waals surface area contributed by atoms with Crippen LogP contribution in [-0.2, 0) is 14.3 Å². The van der Waals surface area contributed by atoms with Crippen molar-refractivity contribution in [2.45, 2.75) is 70.8 Å². The minimum Gasteiger partial charge on any atom is -0.462 e. The number of nitrogens with one attached hydrogen (secondary N) is 1. The van der Waals surface area contributed by atoms with E-state index in [2.05, 4.69) is 18.8 Å². The van der Waals surface area contributed by atoms with Crippen molar-refractivity contribution >= 4 is 23.2 Å². The molecule has 1 fully saturated rings. The Hall–Kier alpha value is -2.43. The van der Waals surface area contributed by atoms with Crippen LogP contribution in [0, 0.1) is 0 Å². The van der Waals surface area contributed by atoms with Gasteiger partial charge in [0, 0.05) is 12.1 Å². The highest BCUT2D eigenvalue weighted by Gasteiger charge is 2.32. The van der Waals surface area contributed by atoms with Gasteiger partial charge in [0.1, 0.15) is 6.04 Å². The van der Waals surface area contributed by atoms with E-state index in [1.54, 1.807) is 24.3 Å². The first-order valence-corrected chi connectivity index (χ1v) is 10.3. The number of esters is 1. The van der Waals surface area contributed by atoms with Crippen molar-refractivity contribution in [1.29, 1.82) is 0 Å². The van der Waals surface area contributed by atoms with E-state index in [9.17, 15) is 14.4 Å². The number of Topliss-reactive ketones (excluding diaryl/α,β-unsaturated/α-hetero) is 2. The Bertz CT molecular complexity index is 693. The van der Waals surface area contributed by atoms with Crippen LogP contribution in [0.5, 0.6) is 0 Å². The number of rotatable bonds is 11. The average Bonchev–Trinajstić information content (AvgIpc) is 2.70. The summed E-state index contributed by atoms with van der Waals surface area (Å²) in [5.41, 5.74) is 1.55. The predicted octanol–water partition coefficient (Wildman–Crippen LogP) is 4.86. The molecule has 5 nitrogen and oxygen atoms in total. The Morgan fingerprint density at radius 1 is 1.04 bits per heavy atom. The fraction of sp³-hybridized carbons (Fsp3) is 0.522. The van der Waals surface area contributed by atoms with Crippen molar-refractivity contribution in [3.63, 3.8) is 0 Å². The molecule has 0 radical (unpaired) electrons. The number of hydrogen-bond donors (Lipinski definition) is 1. The van der Waals surface area contributed by atoms with Crippen LogP contribution in [0.4, 0.5) is 5.69 Å². The Balaban J connectivity index is 1.74. The zero-order chi connectivity index (χ0) is 20.4. The maximum Gasteiger partial charge on any atom is 0.338 e. The maximum atomic E-state index is 12.1. The molecule has 1 aliphatic rings. The van der Waals surface area contributed by atoms with Crippen LogP contribution in [0.1, 0.15) is 75.1 Å². The number of carbonyl (C=O) groups excluding carboxylic acids is 3. The number of benzene rings is 1. The van der Waals surface area contributed by atoms with E-state index in [-0.39, 0.29) is 17.5 Å². The Kier molecular flexibility index (Phi) is 8.92. The zero-order valence-electron chi connectivity index (χ0n) is 16.8. The number of ketones is 2. The van der Waals surface area contributed by atoms with Crippen LogP contribution in [0.2, 0.25) is 0 Å². The molecule has 1 aliphatic carbocycles. The number of anilines is 1. The third-order valence-electron chi connectivity index (χ3n) is 5.02. The van der Waals surface area contributed by atoms with E-state index in [0.29, 0.717) is 36.3 Å². The number of unbranched alkanes of at least 4 members (excludes halogenated alkanes) is 6. The molecule has 1 aromatic rings. The van der Waals surface area contributed by atoms with E-state index in [0.717, 1.165) is 12.8 Å². The summed E-state index contributed by atoms with van der Waals surface area (Å²) < 4.78 is 5.31. The van der Waals surface area contributed by atoms with E-state index in [1.807, 2.05) is 0 Å². The fourth-order valence-electron chi connectivity index (χ4n) is 3.21. The van der Waals surface area contributed by atoms with E-state index in [1.165, 1.54) is 32.1 Å². The molecule has 0 heterocycles. The second kappa shape index (κ2) is 11.4. The molecule has 1 unspecified atom stereocenters. The van der Waals surface area contributed by atoms with Gasteiger partial charge in [-0.25, -0.2) is 4.79 Å². The highest BCUT2D eigenvalue weighted by atomic mass is 16.5. The highest BCUT2D eigenvalue weighted by molar-refractivity contribution is 6.17. The minimum absolute atomic E-state index is 0.129. The fourth-order valence-corrected chi connectivity index (χ4v) is 3.21. The molecule has 152 valence electrons. The van der Waals surface area contributed by atoms with Crippen LogP contribution in [0.3, 0.4) is 0 Å². The van der Waals surface area contributed by atoms with Crippen LogP contribution in [0.15, 0.2) is 36.4 Å². The van der Waals surface area contributed by atoms with Gasteiger partial charge in [-0.15, -0.1) is 0 Å². The molecule has 1 saturated carbocycles. The van der Waals surface area contributed by atoms with Crippen LogP contribution >= 0.6 is 0 Å². The van der Waals surface area contributed by atoms with Gasteiger partial charge in [0.15, 0.2) is 11.6 Å². The first-order valence-electron chi connectivity index (χ1n) is 10.3. The molecular weight excluding hydrogens is 354 g/mol. The van der Waals surface area contributed by atoms with E-state index < -0.39 is 6.04 Å². The summed E-state index contributed by atoms with van der Waals surface area (Å²) >= 11 is 0. The SMILES string of the molecule is C=C1CCC(=O)C(Nc2ccc(C(=O)OCCCCCCCCC)cc2)C1=O. The van der Waals surface area contributed by atoms with Gasteiger partial charge in [-0.3, -0.25) is 9.59 Å². The normalized spacial score (nSPS) is 16.9. The van der Waals surface area contributed by atoms with Crippen LogP contribution in [-0.4, -0.2) is 30.2 Å². The maximum absolute atomic E-state index is 12.1. The lowest BCUT2D eigenvalue weighted by Gasteiger charge is -2.23. The second-order valence-electron chi connectivity index (χ2n) is 7.35. The summed E-state index contributed by atoms with van der Waals surface area (Å²) in [5.74, 6) is -0.735. The van der Waals surface area contributed by atoms with E-state index in [4.69, 9.17) is 4.74 Å². The second-order valence-corrected chi connectivity index (χ2v) is 7.35. The lowest BCUT2D eigenvalue weighted by atomic mass is 9.89. The van der Waals surface area contributed by atoms with Gasteiger partial charge in [-0.1, -0.05) is 52.0 Å². The molecule has 0 amide bonds. The molecule has 28 heavy (non-hydrogen) atoms. The average molecular weight is 386 g/mol. The first-order chi connectivity index (χ1) is 13.5. The molecule has 1 N–H and O–H groups in total. The van der Waals surface area contributed by atoms with Gasteiger partial charge in [0.2, 0.25) is 0 Å². The molecular formula is C23H31NO4. The predicted molar refractivity (Wildman–Crippen MR) is 111 cm³/mol. The molecule has 0 saturated heterocycles. The summed E-state index contributed by atoms with van der Waals surface area (Å²) in [7, 11) is 0. The van der Waals surface area contributed by atoms with Crippen LogP contribution < -0.4 is 5.32 Å². The van der Waals surface area contributed by atoms with Crippen molar-refractivity contribution < 1.29 is 19.1 Å². The van der Waals surface area contributed by atoms with Crippen molar-refractivity contribution in [3.05, 3.63) is 42.0 Å². The molecule has 2 rings (SSSR count). The quantitative estimate of drug-likeness (QED) is 0.255. The third kappa shape index (κ3) is 6.63. The molecule has 0 spiro atoms. The van der Waals surface area contributed by atoms with Gasteiger partial charge in [0.05, 0.1) is 12.2 Å². The summed E-state index contributed by atoms with van der Waals surface area (Å²) in [5, 5.41) is 2.95. The molecule has 5 heteroatoms. The number of hydrogen-bond acceptors (Lipinski definition) is 5. The van der Waals surface area contributed by atoms with Gasteiger partial charge in [-0.05, 0) is 42.7 Å². The smallest absolute Gasteiger partial charge is 0.338 e. The van der Waals surface area contributed by atoms with Crippen molar-refractivity contribution in [2.75, 3.05) is 11.9 Å². The van der Waals surface area contributed by atoms with E-state index >= 15 is 0 Å². The number of carbonyl (C=O) groups is 3. The molecule has 0 bridgehead atoms. The monoisotopic (exact) mass is 385 g/mol. The topological polar surface area (TPSA) is 72.5 Å². The highest BCUT2D eigenvalue weighted by Crippen LogP contribution is 2.20. The summed E-state index contributed by atoms with van der Waals surface area (Å²) in [6.45, 7) is 6.35. The van der Waals surface area contributed by atoms with Crippen LogP contribution in [0.25, 0.3) is 0 Å². The Morgan fingerprint density at radius 2 is 1.68 bits per heavy atom. The largest absolute Gasteiger partial charge is 0.462 e. The van der Waals surface area contributed by atoms with Gasteiger partial charge < -0.3 is 10.1 Å². The minimum atomic E-state index is -0.878. The van der Waals surface area contributed by atoms with Gasteiger partial charge in [0.25, 0.3) is 0 Å². The molecule has 0 aromatic heterocycles. The number of ether oxygens (including phenoxy) is 1. The molecule has 1 atom stereocenters. The standard InChI is InChI=1S/C23H31NO4/c1-3-4-5-6-7-8-9-16-28-23(27)18-11-13-19(14-12-18)24-21-20(25)15-10-17(2)22(21)26/h11-14,21,24H,2-10,15-16H2,1H3. The Morgan fingerprint density at radius 3 is 2.36 bits per heavy atom. The van der Waals surface area contributed by atoms with Crippen molar-refractivity contribution in [2.24, 2.45) is 0 Å². The van der Waals surface area contributed by atoms with Crippen molar-refractivity contribution in [1.82, 2.24) is 0 Å². The lowest BCUT2D eigenvalue weighted by Crippen LogP contribution is -2.41. The van der Waals surface area contributed by atoms with Gasteiger partial charge in [-0.2, -0.15) is 0 Å². The molecule has 0 aliphatic heterocycles. The lowest BCUT2D eigenvalue weighted by molar-refractivity contribution is -0.128. The first kappa shape index (κ1) is 21.9. The molecule has 1 aromatic carbocycles. The Labute approximate surface area is 167 Å². The zero-order valence-corrected chi connectivity index (χ0v) is 16.8. The van der Waals surface area contributed by atoms with Crippen molar-refractivity contribution in [3.8, 4) is 0 Å². The summed E-state index contributed by atoms with van der Waals surface area (Å²) in [6.07, 6.45) is 8.96.